The molecule has 0 bridgehead atoms. The van der Waals surface area contributed by atoms with Crippen molar-refractivity contribution >= 4 is 45.1 Å². The quantitative estimate of drug-likeness (QED) is 0.532. The van der Waals surface area contributed by atoms with Gasteiger partial charge in [0.25, 0.3) is 0 Å². The number of aliphatic imine (C=N–C) groups is 1. The number of pyridine rings is 1. The molecule has 7 heteroatoms. The van der Waals surface area contributed by atoms with Crippen LogP contribution in [-0.4, -0.2) is 48.4 Å². The van der Waals surface area contributed by atoms with Crippen LogP contribution in [0, 0.1) is 6.92 Å². The molecule has 0 saturated carbocycles. The Kier molecular flexibility index (Phi) is 5.77. The lowest BCUT2D eigenvalue weighted by Gasteiger charge is -2.39. The number of nitrogens with zero attached hydrogens (tertiary/aromatic N) is 4. The molecule has 0 unspecified atom stereocenters. The molecule has 0 saturated heterocycles. The molecule has 2 aromatic heterocycles. The van der Waals surface area contributed by atoms with E-state index < -0.39 is 5.60 Å². The van der Waals surface area contributed by atoms with Crippen LogP contribution >= 0.6 is 11.3 Å². The smallest absolute Gasteiger partial charge is 0.246 e. The van der Waals surface area contributed by atoms with Gasteiger partial charge >= 0.3 is 0 Å². The van der Waals surface area contributed by atoms with Gasteiger partial charge in [-0.25, -0.2) is 4.98 Å². The molecule has 1 aliphatic heterocycles. The van der Waals surface area contributed by atoms with E-state index in [9.17, 15) is 4.79 Å². The van der Waals surface area contributed by atoms with E-state index in [0.717, 1.165) is 11.4 Å². The topological polar surface area (TPSA) is 58.0 Å². The number of anilines is 1. The van der Waals surface area contributed by atoms with Crippen molar-refractivity contribution in [2.45, 2.75) is 32.9 Å². The Morgan fingerprint density at radius 1 is 1.34 bits per heavy atom. The summed E-state index contributed by atoms with van der Waals surface area (Å²) in [4.78, 5) is 26.5. The predicted molar refractivity (Wildman–Crippen MR) is 133 cm³/mol. The van der Waals surface area contributed by atoms with Gasteiger partial charge in [0.2, 0.25) is 5.91 Å². The van der Waals surface area contributed by atoms with Crippen LogP contribution in [0.4, 0.5) is 5.82 Å². The number of fused-ring (bicyclic) bond motifs is 2. The third-order valence-corrected chi connectivity index (χ3v) is 6.98. The predicted octanol–water partition coefficient (Wildman–Crippen LogP) is 4.91. The van der Waals surface area contributed by atoms with Gasteiger partial charge in [-0.15, -0.1) is 11.3 Å². The summed E-state index contributed by atoms with van der Waals surface area (Å²) >= 11 is 1.74. The van der Waals surface area contributed by atoms with E-state index in [1.807, 2.05) is 45.0 Å². The fourth-order valence-corrected chi connectivity index (χ4v) is 5.34. The average molecular weight is 449 g/mol. The lowest BCUT2D eigenvalue weighted by atomic mass is 10.0. The van der Waals surface area contributed by atoms with E-state index in [2.05, 4.69) is 35.1 Å². The molecule has 32 heavy (non-hydrogen) atoms. The molecule has 6 nitrogen and oxygen atoms in total. The highest BCUT2D eigenvalue weighted by molar-refractivity contribution is 7.19. The van der Waals surface area contributed by atoms with Crippen LogP contribution in [0.5, 0.6) is 5.75 Å². The Morgan fingerprint density at radius 2 is 2.09 bits per heavy atom. The summed E-state index contributed by atoms with van der Waals surface area (Å²) < 4.78 is 7.40. The molecule has 0 radical (unpaired) electrons. The lowest BCUT2D eigenvalue weighted by molar-refractivity contribution is -0.125. The number of carbonyl (C=O) groups excluding carboxylic acids is 1. The van der Waals surface area contributed by atoms with Crippen LogP contribution in [0.1, 0.15) is 29.9 Å². The minimum atomic E-state index is -0.557. The third kappa shape index (κ3) is 4.00. The van der Waals surface area contributed by atoms with Crippen LogP contribution in [-0.2, 0) is 11.3 Å². The molecule has 1 amide bonds. The molecule has 1 aliphatic rings. The number of benzene rings is 1. The maximum Gasteiger partial charge on any atom is 0.246 e. The van der Waals surface area contributed by atoms with Crippen LogP contribution in [0.15, 0.2) is 47.6 Å². The number of aromatic nitrogens is 1. The molecule has 3 heterocycles. The molecule has 4 rings (SSSR count). The number of aryl methyl sites for hydroxylation is 1. The highest BCUT2D eigenvalue weighted by Crippen LogP contribution is 2.36. The van der Waals surface area contributed by atoms with Crippen molar-refractivity contribution in [3.05, 3.63) is 58.6 Å². The Morgan fingerprint density at radius 3 is 2.81 bits per heavy atom. The number of hydrogen-bond acceptors (Lipinski definition) is 5. The maximum atomic E-state index is 12.7. The molecule has 1 aromatic carbocycles. The zero-order valence-electron chi connectivity index (χ0n) is 19.3. The van der Waals surface area contributed by atoms with Gasteiger partial charge in [-0.2, -0.15) is 0 Å². The van der Waals surface area contributed by atoms with Crippen LogP contribution in [0.2, 0.25) is 0 Å². The lowest BCUT2D eigenvalue weighted by Crippen LogP contribution is -2.51. The zero-order chi connectivity index (χ0) is 23.0. The molecule has 3 aromatic rings. The highest BCUT2D eigenvalue weighted by atomic mass is 32.1. The fraction of sp³-hybridized carbons (Fsp3) is 0.320. The minimum Gasteiger partial charge on any atom is -0.476 e. The van der Waals surface area contributed by atoms with Crippen molar-refractivity contribution in [2.75, 3.05) is 26.0 Å². The number of amidine groups is 1. The van der Waals surface area contributed by atoms with Crippen LogP contribution in [0.25, 0.3) is 16.2 Å². The third-order valence-electron chi connectivity index (χ3n) is 5.72. The summed E-state index contributed by atoms with van der Waals surface area (Å²) in [5, 5.41) is 1.26. The van der Waals surface area contributed by atoms with E-state index in [1.54, 1.807) is 41.6 Å². The first-order valence-electron chi connectivity index (χ1n) is 10.5. The number of ether oxygens (including phenoxy) is 1. The first kappa shape index (κ1) is 22.0. The van der Waals surface area contributed by atoms with Gasteiger partial charge in [0, 0.05) is 43.0 Å². The van der Waals surface area contributed by atoms with Gasteiger partial charge in [-0.05, 0) is 55.5 Å². The number of rotatable bonds is 4. The first-order valence-corrected chi connectivity index (χ1v) is 11.3. The minimum absolute atomic E-state index is 0.0571. The van der Waals surface area contributed by atoms with E-state index in [0.29, 0.717) is 18.1 Å². The molecule has 0 fully saturated rings. The van der Waals surface area contributed by atoms with Crippen molar-refractivity contribution < 1.29 is 9.53 Å². The van der Waals surface area contributed by atoms with E-state index >= 15 is 0 Å². The largest absolute Gasteiger partial charge is 0.476 e. The van der Waals surface area contributed by atoms with E-state index in [1.165, 1.54) is 20.5 Å². The summed E-state index contributed by atoms with van der Waals surface area (Å²) in [6.07, 6.45) is 5.11. The summed E-state index contributed by atoms with van der Waals surface area (Å²) in [6.45, 7) is 6.66. The van der Waals surface area contributed by atoms with Crippen molar-refractivity contribution in [3.8, 4) is 5.75 Å². The SMILES string of the molecule is C/N=C1/N(C)c2ncc(/C=C/C(=O)N(C)Cc3sc4ccccc4c3C)cc2OC1(C)C. The molecule has 166 valence electrons. The van der Waals surface area contributed by atoms with E-state index in [4.69, 9.17) is 4.74 Å². The summed E-state index contributed by atoms with van der Waals surface area (Å²) in [6, 6.07) is 10.3. The second-order valence-electron chi connectivity index (χ2n) is 8.48. The van der Waals surface area contributed by atoms with Crippen LogP contribution in [0.3, 0.4) is 0 Å². The number of hydrogen-bond donors (Lipinski definition) is 0. The van der Waals surface area contributed by atoms with Gasteiger partial charge < -0.3 is 14.5 Å². The monoisotopic (exact) mass is 448 g/mol. The zero-order valence-corrected chi connectivity index (χ0v) is 20.2. The second-order valence-corrected chi connectivity index (χ2v) is 9.62. The number of amides is 1. The summed E-state index contributed by atoms with van der Waals surface area (Å²) in [5.41, 5.74) is 1.50. The Balaban J connectivity index is 1.49. The molecule has 0 N–H and O–H groups in total. The van der Waals surface area contributed by atoms with Crippen molar-refractivity contribution in [2.24, 2.45) is 4.99 Å². The second kappa shape index (κ2) is 8.39. The summed E-state index contributed by atoms with van der Waals surface area (Å²) in [7, 11) is 5.51. The molecule has 0 spiro atoms. The van der Waals surface area contributed by atoms with Crippen molar-refractivity contribution in [1.82, 2.24) is 9.88 Å². The summed E-state index contributed by atoms with van der Waals surface area (Å²) in [5.74, 6) is 2.15. The van der Waals surface area contributed by atoms with Crippen molar-refractivity contribution in [1.29, 1.82) is 0 Å². The number of thiophene rings is 1. The Hall–Kier alpha value is -3.19. The molecule has 0 atom stereocenters. The molecular weight excluding hydrogens is 420 g/mol. The van der Waals surface area contributed by atoms with Gasteiger partial charge in [0.1, 0.15) is 5.84 Å². The van der Waals surface area contributed by atoms with Gasteiger partial charge in [-0.3, -0.25) is 9.79 Å². The fourth-order valence-electron chi connectivity index (χ4n) is 4.08. The van der Waals surface area contributed by atoms with Gasteiger partial charge in [0.15, 0.2) is 17.2 Å². The van der Waals surface area contributed by atoms with E-state index in [-0.39, 0.29) is 5.91 Å². The van der Waals surface area contributed by atoms with Gasteiger partial charge in [0.05, 0.1) is 6.54 Å². The standard InChI is InChI=1S/C25H28N4O2S/c1-16-18-9-7-8-10-20(18)32-21(16)15-28(5)22(30)12-11-17-13-19-23(27-14-17)29(6)24(26-4)25(2,3)31-19/h7-14H,15H2,1-6H3/b12-11+,26-24+. The number of likely N-dealkylation sites (N-methyl/N-ethyl adjacent to an activating group) is 2. The Labute approximate surface area is 192 Å². The van der Waals surface area contributed by atoms with Crippen LogP contribution < -0.4 is 9.64 Å². The van der Waals surface area contributed by atoms with Crippen molar-refractivity contribution in [3.63, 3.8) is 0 Å². The average Bonchev–Trinajstić information content (AvgIpc) is 3.06. The van der Waals surface area contributed by atoms with Gasteiger partial charge in [-0.1, -0.05) is 18.2 Å². The molecule has 0 aliphatic carbocycles. The molecular formula is C25H28N4O2S. The Bertz CT molecular complexity index is 1240. The number of carbonyl (C=O) groups is 1. The highest BCUT2D eigenvalue weighted by Gasteiger charge is 2.37. The normalized spacial score (nSPS) is 16.4. The maximum absolute atomic E-state index is 12.7. The first-order chi connectivity index (χ1) is 15.2.